The van der Waals surface area contributed by atoms with Crippen LogP contribution in [0.2, 0.25) is 0 Å². The summed E-state index contributed by atoms with van der Waals surface area (Å²) in [6, 6.07) is 17.6. The number of ether oxygens (including phenoxy) is 1. The van der Waals surface area contributed by atoms with Gasteiger partial charge < -0.3 is 4.74 Å². The quantitative estimate of drug-likeness (QED) is 0.441. The largest absolute Gasteiger partial charge is 0.497 e. The fourth-order valence-electron chi connectivity index (χ4n) is 2.72. The van der Waals surface area contributed by atoms with Crippen LogP contribution in [0.5, 0.6) is 5.75 Å². The van der Waals surface area contributed by atoms with E-state index in [0.29, 0.717) is 0 Å². The van der Waals surface area contributed by atoms with Crippen LogP contribution in [0.4, 0.5) is 5.69 Å². The van der Waals surface area contributed by atoms with Crippen LogP contribution in [-0.2, 0) is 0 Å². The third-order valence-corrected chi connectivity index (χ3v) is 4.02. The van der Waals surface area contributed by atoms with Crippen LogP contribution in [0, 0.1) is 0 Å². The lowest BCUT2D eigenvalue weighted by molar-refractivity contribution is 0.414. The zero-order valence-corrected chi connectivity index (χ0v) is 14.2. The average Bonchev–Trinajstić information content (AvgIpc) is 3.14. The number of hydrogen-bond donors (Lipinski definition) is 1. The highest BCUT2D eigenvalue weighted by atomic mass is 16.5. The number of fused-ring (bicyclic) bond motifs is 1. The minimum Gasteiger partial charge on any atom is -0.497 e. The van der Waals surface area contributed by atoms with Crippen LogP contribution in [0.3, 0.4) is 0 Å². The number of aromatic nitrogens is 3. The van der Waals surface area contributed by atoms with Crippen molar-refractivity contribution < 1.29 is 4.74 Å². The van der Waals surface area contributed by atoms with E-state index in [2.05, 4.69) is 20.6 Å². The van der Waals surface area contributed by atoms with Crippen molar-refractivity contribution in [3.05, 3.63) is 78.8 Å². The Bertz CT molecular complexity index is 1060. The molecule has 0 atom stereocenters. The van der Waals surface area contributed by atoms with E-state index in [4.69, 9.17) is 4.74 Å². The first-order chi connectivity index (χ1) is 12.8. The average molecular weight is 343 g/mol. The van der Waals surface area contributed by atoms with Gasteiger partial charge in [0.25, 0.3) is 0 Å². The molecule has 2 aromatic heterocycles. The van der Waals surface area contributed by atoms with Crippen LogP contribution in [0.1, 0.15) is 5.56 Å². The Morgan fingerprint density at radius 3 is 2.77 bits per heavy atom. The van der Waals surface area contributed by atoms with Crippen LogP contribution in [0.25, 0.3) is 16.6 Å². The molecule has 4 aromatic rings. The van der Waals surface area contributed by atoms with Gasteiger partial charge in [0.1, 0.15) is 5.75 Å². The number of rotatable bonds is 5. The molecule has 128 valence electrons. The van der Waals surface area contributed by atoms with Gasteiger partial charge in [-0.1, -0.05) is 12.1 Å². The molecule has 0 saturated heterocycles. The molecule has 26 heavy (non-hydrogen) atoms. The Labute approximate surface area is 150 Å². The molecule has 1 N–H and O–H groups in total. The summed E-state index contributed by atoms with van der Waals surface area (Å²) in [6.45, 7) is 0. The van der Waals surface area contributed by atoms with E-state index >= 15 is 0 Å². The van der Waals surface area contributed by atoms with Gasteiger partial charge in [0.2, 0.25) is 0 Å². The SMILES string of the molecule is COc1cccc(-n2ncc3c(N/N=C/c4ccncc4)cccc32)c1. The molecule has 0 unspecified atom stereocenters. The van der Waals surface area contributed by atoms with Crippen molar-refractivity contribution in [1.82, 2.24) is 14.8 Å². The van der Waals surface area contributed by atoms with E-state index < -0.39 is 0 Å². The van der Waals surface area contributed by atoms with Crippen LogP contribution in [-0.4, -0.2) is 28.1 Å². The summed E-state index contributed by atoms with van der Waals surface area (Å²) in [6.07, 6.45) is 7.06. The standard InChI is InChI=1S/C20H17N5O/c1-26-17-5-2-4-16(12-17)25-20-7-3-6-19(18(20)14-23-25)24-22-13-15-8-10-21-11-9-15/h2-14,24H,1H3/b22-13+. The van der Waals surface area contributed by atoms with E-state index in [0.717, 1.165) is 33.6 Å². The van der Waals surface area contributed by atoms with Gasteiger partial charge in [-0.05, 0) is 42.0 Å². The number of anilines is 1. The normalized spacial score (nSPS) is 11.1. The molecule has 4 rings (SSSR count). The Hall–Kier alpha value is -3.67. The number of methoxy groups -OCH3 is 1. The van der Waals surface area contributed by atoms with E-state index in [1.165, 1.54) is 0 Å². The maximum atomic E-state index is 5.31. The minimum atomic E-state index is 0.794. The van der Waals surface area contributed by atoms with Gasteiger partial charge in [0.15, 0.2) is 0 Å². The highest BCUT2D eigenvalue weighted by molar-refractivity contribution is 5.92. The van der Waals surface area contributed by atoms with Crippen molar-refractivity contribution in [2.45, 2.75) is 0 Å². The molecule has 0 spiro atoms. The molecule has 6 nitrogen and oxygen atoms in total. The van der Waals surface area contributed by atoms with Crippen molar-refractivity contribution >= 4 is 22.8 Å². The van der Waals surface area contributed by atoms with Crippen LogP contribution >= 0.6 is 0 Å². The fraction of sp³-hybridized carbons (Fsp3) is 0.0500. The van der Waals surface area contributed by atoms with Crippen LogP contribution < -0.4 is 10.2 Å². The second-order valence-corrected chi connectivity index (χ2v) is 5.65. The van der Waals surface area contributed by atoms with Gasteiger partial charge in [0.05, 0.1) is 36.4 Å². The predicted octanol–water partition coefficient (Wildman–Crippen LogP) is 3.88. The van der Waals surface area contributed by atoms with Gasteiger partial charge >= 0.3 is 0 Å². The molecule has 0 radical (unpaired) electrons. The summed E-state index contributed by atoms with van der Waals surface area (Å²) in [4.78, 5) is 3.99. The molecule has 0 bridgehead atoms. The van der Waals surface area contributed by atoms with Gasteiger partial charge in [-0.25, -0.2) is 4.68 Å². The Morgan fingerprint density at radius 2 is 1.92 bits per heavy atom. The Kier molecular flexibility index (Phi) is 4.30. The number of nitrogens with zero attached hydrogens (tertiary/aromatic N) is 4. The summed E-state index contributed by atoms with van der Waals surface area (Å²) >= 11 is 0. The molecule has 0 aliphatic heterocycles. The summed E-state index contributed by atoms with van der Waals surface area (Å²) in [7, 11) is 1.66. The first-order valence-electron chi connectivity index (χ1n) is 8.15. The second kappa shape index (κ2) is 7.06. The number of hydrazone groups is 1. The lowest BCUT2D eigenvalue weighted by Gasteiger charge is -2.07. The third-order valence-electron chi connectivity index (χ3n) is 4.02. The van der Waals surface area contributed by atoms with Crippen molar-refractivity contribution in [3.8, 4) is 11.4 Å². The van der Waals surface area contributed by atoms with Crippen molar-refractivity contribution in [2.75, 3.05) is 12.5 Å². The molecule has 0 saturated carbocycles. The first kappa shape index (κ1) is 15.8. The van der Waals surface area contributed by atoms with Gasteiger partial charge in [-0.3, -0.25) is 10.4 Å². The Balaban J connectivity index is 1.66. The van der Waals surface area contributed by atoms with Gasteiger partial charge in [0, 0.05) is 23.8 Å². The molecule has 2 heterocycles. The highest BCUT2D eigenvalue weighted by Crippen LogP contribution is 2.26. The zero-order valence-electron chi connectivity index (χ0n) is 14.2. The number of benzene rings is 2. The second-order valence-electron chi connectivity index (χ2n) is 5.65. The molecule has 2 aromatic carbocycles. The molecule has 0 amide bonds. The Morgan fingerprint density at radius 1 is 1.08 bits per heavy atom. The molecule has 6 heteroatoms. The van der Waals surface area contributed by atoms with Crippen molar-refractivity contribution in [1.29, 1.82) is 0 Å². The van der Waals surface area contributed by atoms with E-state index in [9.17, 15) is 0 Å². The zero-order chi connectivity index (χ0) is 17.8. The third kappa shape index (κ3) is 3.12. The van der Waals surface area contributed by atoms with Crippen molar-refractivity contribution in [3.63, 3.8) is 0 Å². The smallest absolute Gasteiger partial charge is 0.121 e. The highest BCUT2D eigenvalue weighted by Gasteiger charge is 2.08. The minimum absolute atomic E-state index is 0.794. The lowest BCUT2D eigenvalue weighted by Crippen LogP contribution is -1.97. The lowest BCUT2D eigenvalue weighted by atomic mass is 10.2. The van der Waals surface area contributed by atoms with Crippen LogP contribution in [0.15, 0.2) is 78.3 Å². The number of nitrogens with one attached hydrogen (secondary N) is 1. The summed E-state index contributed by atoms with van der Waals surface area (Å²) < 4.78 is 7.19. The first-order valence-corrected chi connectivity index (χ1v) is 8.15. The van der Waals surface area contributed by atoms with Gasteiger partial charge in [-0.2, -0.15) is 10.2 Å². The molecule has 0 aliphatic rings. The maximum Gasteiger partial charge on any atom is 0.121 e. The molecule has 0 aliphatic carbocycles. The monoisotopic (exact) mass is 343 g/mol. The topological polar surface area (TPSA) is 64.3 Å². The summed E-state index contributed by atoms with van der Waals surface area (Å²) in [5, 5.41) is 9.83. The van der Waals surface area contributed by atoms with E-state index in [-0.39, 0.29) is 0 Å². The summed E-state index contributed by atoms with van der Waals surface area (Å²) in [5.41, 5.74) is 6.89. The van der Waals surface area contributed by atoms with E-state index in [1.54, 1.807) is 25.7 Å². The number of pyridine rings is 1. The maximum absolute atomic E-state index is 5.31. The molecular weight excluding hydrogens is 326 g/mol. The summed E-state index contributed by atoms with van der Waals surface area (Å²) in [5.74, 6) is 0.794. The van der Waals surface area contributed by atoms with E-state index in [1.807, 2.05) is 65.5 Å². The molecular formula is C20H17N5O. The van der Waals surface area contributed by atoms with Gasteiger partial charge in [-0.15, -0.1) is 0 Å². The number of hydrogen-bond acceptors (Lipinski definition) is 5. The fourth-order valence-corrected chi connectivity index (χ4v) is 2.72. The molecule has 0 fully saturated rings. The van der Waals surface area contributed by atoms with Crippen molar-refractivity contribution in [2.24, 2.45) is 5.10 Å². The predicted molar refractivity (Wildman–Crippen MR) is 103 cm³/mol.